The van der Waals surface area contributed by atoms with Crippen LogP contribution in [0.3, 0.4) is 0 Å². The zero-order valence-electron chi connectivity index (χ0n) is 10.8. The smallest absolute Gasteiger partial charge is 0.418 e. The first-order valence-electron chi connectivity index (χ1n) is 6.26. The van der Waals surface area contributed by atoms with Crippen LogP contribution in [-0.2, 0) is 15.7 Å². The quantitative estimate of drug-likeness (QED) is 0.891. The van der Waals surface area contributed by atoms with Gasteiger partial charge >= 0.3 is 12.1 Å². The largest absolute Gasteiger partial charge is 0.479 e. The van der Waals surface area contributed by atoms with Crippen molar-refractivity contribution in [2.75, 3.05) is 11.9 Å². The van der Waals surface area contributed by atoms with Crippen LogP contribution < -0.4 is 5.32 Å². The number of hydrogen-bond acceptors (Lipinski definition) is 3. The van der Waals surface area contributed by atoms with Crippen LogP contribution in [0.5, 0.6) is 0 Å². The number of ether oxygens (including phenoxy) is 1. The Bertz CT molecular complexity index is 536. The first-order valence-corrected chi connectivity index (χ1v) is 6.64. The molecular formula is C13H13ClF3NO3. The molecule has 1 aliphatic rings. The summed E-state index contributed by atoms with van der Waals surface area (Å²) in [5.74, 6) is -1.06. The fourth-order valence-electron chi connectivity index (χ4n) is 2.17. The second kappa shape index (κ2) is 6.11. The van der Waals surface area contributed by atoms with Crippen molar-refractivity contribution < 1.29 is 27.8 Å². The van der Waals surface area contributed by atoms with Crippen molar-refractivity contribution in [1.29, 1.82) is 0 Å². The maximum absolute atomic E-state index is 12.9. The van der Waals surface area contributed by atoms with Gasteiger partial charge in [-0.3, -0.25) is 0 Å². The molecule has 0 bridgehead atoms. The van der Waals surface area contributed by atoms with Crippen molar-refractivity contribution in [2.45, 2.75) is 31.2 Å². The van der Waals surface area contributed by atoms with E-state index >= 15 is 0 Å². The predicted octanol–water partition coefficient (Wildman–Crippen LogP) is 3.40. The third kappa shape index (κ3) is 4.01. The lowest BCUT2D eigenvalue weighted by molar-refractivity contribution is -0.149. The molecule has 0 aromatic heterocycles. The van der Waals surface area contributed by atoms with E-state index in [9.17, 15) is 18.0 Å². The van der Waals surface area contributed by atoms with E-state index in [1.807, 2.05) is 0 Å². The molecule has 116 valence electrons. The van der Waals surface area contributed by atoms with Crippen LogP contribution in [0, 0.1) is 0 Å². The molecular weight excluding hydrogens is 311 g/mol. The van der Waals surface area contributed by atoms with Crippen molar-refractivity contribution in [3.8, 4) is 0 Å². The van der Waals surface area contributed by atoms with E-state index in [0.717, 1.165) is 6.07 Å². The summed E-state index contributed by atoms with van der Waals surface area (Å²) in [5, 5.41) is 11.4. The van der Waals surface area contributed by atoms with Gasteiger partial charge in [-0.05, 0) is 31.0 Å². The molecule has 2 N–H and O–H groups in total. The summed E-state index contributed by atoms with van der Waals surface area (Å²) in [6.07, 6.45) is -4.99. The molecule has 0 spiro atoms. The molecule has 1 aromatic carbocycles. The van der Waals surface area contributed by atoms with Crippen molar-refractivity contribution >= 4 is 23.3 Å². The van der Waals surface area contributed by atoms with E-state index in [0.29, 0.717) is 12.8 Å². The van der Waals surface area contributed by atoms with E-state index < -0.39 is 29.9 Å². The van der Waals surface area contributed by atoms with Crippen molar-refractivity contribution in [3.05, 3.63) is 28.8 Å². The Morgan fingerprint density at radius 1 is 1.43 bits per heavy atom. The van der Waals surface area contributed by atoms with Crippen LogP contribution >= 0.6 is 11.6 Å². The molecule has 2 rings (SSSR count). The molecule has 0 radical (unpaired) electrons. The maximum Gasteiger partial charge on any atom is 0.418 e. The minimum atomic E-state index is -4.52. The highest BCUT2D eigenvalue weighted by Crippen LogP contribution is 2.36. The molecule has 4 nitrogen and oxygen atoms in total. The number of carboxylic acids is 1. The minimum absolute atomic E-state index is 0.00377. The summed E-state index contributed by atoms with van der Waals surface area (Å²) in [6.45, 7) is 0.106. The van der Waals surface area contributed by atoms with Crippen molar-refractivity contribution in [2.24, 2.45) is 0 Å². The molecule has 21 heavy (non-hydrogen) atoms. The first-order chi connectivity index (χ1) is 9.77. The summed E-state index contributed by atoms with van der Waals surface area (Å²) in [4.78, 5) is 10.7. The molecule has 0 amide bonds. The lowest BCUT2D eigenvalue weighted by Crippen LogP contribution is -2.25. The lowest BCUT2D eigenvalue weighted by Gasteiger charge is -2.17. The summed E-state index contributed by atoms with van der Waals surface area (Å²) >= 11 is 5.59. The highest BCUT2D eigenvalue weighted by Gasteiger charge is 2.35. The third-order valence-corrected chi connectivity index (χ3v) is 3.43. The zero-order valence-corrected chi connectivity index (χ0v) is 11.5. The van der Waals surface area contributed by atoms with Gasteiger partial charge in [-0.1, -0.05) is 11.6 Å². The van der Waals surface area contributed by atoms with Gasteiger partial charge in [0.1, 0.15) is 0 Å². The Hall–Kier alpha value is -1.47. The van der Waals surface area contributed by atoms with Crippen LogP contribution in [0.4, 0.5) is 18.9 Å². The first kappa shape index (κ1) is 15.9. The van der Waals surface area contributed by atoms with Gasteiger partial charge in [0, 0.05) is 17.3 Å². The van der Waals surface area contributed by atoms with Gasteiger partial charge in [0.05, 0.1) is 11.7 Å². The Kier molecular flexibility index (Phi) is 4.63. The normalized spacial score (nSPS) is 22.3. The van der Waals surface area contributed by atoms with Gasteiger partial charge in [0.25, 0.3) is 0 Å². The van der Waals surface area contributed by atoms with Gasteiger partial charge < -0.3 is 15.2 Å². The number of rotatable bonds is 4. The molecule has 8 heteroatoms. The number of carbonyl (C=O) groups is 1. The molecule has 0 aliphatic carbocycles. The number of carboxylic acid groups (broad SMARTS) is 1. The van der Waals surface area contributed by atoms with E-state index in [-0.39, 0.29) is 17.3 Å². The summed E-state index contributed by atoms with van der Waals surface area (Å²) < 4.78 is 43.9. The Morgan fingerprint density at radius 3 is 2.71 bits per heavy atom. The van der Waals surface area contributed by atoms with Gasteiger partial charge in [-0.25, -0.2) is 4.79 Å². The average Bonchev–Trinajstić information content (AvgIpc) is 2.85. The van der Waals surface area contributed by atoms with E-state index in [2.05, 4.69) is 5.32 Å². The molecule has 1 heterocycles. The summed E-state index contributed by atoms with van der Waals surface area (Å²) in [7, 11) is 0. The number of anilines is 1. The zero-order chi connectivity index (χ0) is 15.6. The molecule has 1 saturated heterocycles. The molecule has 2 unspecified atom stereocenters. The van der Waals surface area contributed by atoms with E-state index in [1.54, 1.807) is 0 Å². The van der Waals surface area contributed by atoms with Crippen molar-refractivity contribution in [1.82, 2.24) is 0 Å². The highest BCUT2D eigenvalue weighted by atomic mass is 35.5. The van der Waals surface area contributed by atoms with Crippen LogP contribution in [-0.4, -0.2) is 29.8 Å². The van der Waals surface area contributed by atoms with Crippen LogP contribution in [0.2, 0.25) is 5.02 Å². The number of halogens is 4. The highest BCUT2D eigenvalue weighted by molar-refractivity contribution is 6.30. The average molecular weight is 324 g/mol. The van der Waals surface area contributed by atoms with Gasteiger partial charge in [0.15, 0.2) is 6.10 Å². The molecule has 2 atom stereocenters. The predicted molar refractivity (Wildman–Crippen MR) is 70.5 cm³/mol. The van der Waals surface area contributed by atoms with E-state index in [1.165, 1.54) is 12.1 Å². The number of aliphatic carboxylic acids is 1. The third-order valence-electron chi connectivity index (χ3n) is 3.19. The maximum atomic E-state index is 12.9. The van der Waals surface area contributed by atoms with Crippen molar-refractivity contribution in [3.63, 3.8) is 0 Å². The standard InChI is InChI=1S/C13H13ClF3NO3/c14-7-1-3-10(9(5-7)13(15,16)17)18-6-8-2-4-11(21-8)12(19)20/h1,3,5,8,11,18H,2,4,6H2,(H,19,20). The number of nitrogens with one attached hydrogen (secondary N) is 1. The Morgan fingerprint density at radius 2 is 2.14 bits per heavy atom. The monoisotopic (exact) mass is 323 g/mol. The number of hydrogen-bond donors (Lipinski definition) is 2. The van der Waals surface area contributed by atoms with Gasteiger partial charge in [0.2, 0.25) is 0 Å². The number of alkyl halides is 3. The SMILES string of the molecule is O=C(O)C1CCC(CNc2ccc(Cl)cc2C(F)(F)F)O1. The van der Waals surface area contributed by atoms with E-state index in [4.69, 9.17) is 21.4 Å². The summed E-state index contributed by atoms with van der Waals surface area (Å²) in [5.41, 5.74) is -0.961. The van der Waals surface area contributed by atoms with Gasteiger partial charge in [-0.15, -0.1) is 0 Å². The van der Waals surface area contributed by atoms with Crippen LogP contribution in [0.25, 0.3) is 0 Å². The lowest BCUT2D eigenvalue weighted by atomic mass is 10.1. The second-order valence-corrected chi connectivity index (χ2v) is 5.17. The summed E-state index contributed by atoms with van der Waals surface area (Å²) in [6, 6.07) is 3.45. The Labute approximate surface area is 123 Å². The molecule has 1 aromatic rings. The van der Waals surface area contributed by atoms with Crippen LogP contribution in [0.1, 0.15) is 18.4 Å². The van der Waals surface area contributed by atoms with Crippen LogP contribution in [0.15, 0.2) is 18.2 Å². The molecule has 0 saturated carbocycles. The van der Waals surface area contributed by atoms with Gasteiger partial charge in [-0.2, -0.15) is 13.2 Å². The second-order valence-electron chi connectivity index (χ2n) is 4.73. The topological polar surface area (TPSA) is 58.6 Å². The fourth-order valence-corrected chi connectivity index (χ4v) is 2.34. The minimum Gasteiger partial charge on any atom is -0.479 e. The number of benzene rings is 1. The molecule has 1 aliphatic heterocycles. The Balaban J connectivity index is 2.03. The molecule has 1 fully saturated rings. The fraction of sp³-hybridized carbons (Fsp3) is 0.462.